The number of carbonyl (C=O) groups is 3. The lowest BCUT2D eigenvalue weighted by molar-refractivity contribution is -0.161. The first-order valence-corrected chi connectivity index (χ1v) is 28.1. The zero-order chi connectivity index (χ0) is 47.0. The van der Waals surface area contributed by atoms with Crippen LogP contribution in [-0.2, 0) is 42.2 Å². The molecule has 0 saturated carbocycles. The molecule has 0 heterocycles. The summed E-state index contributed by atoms with van der Waals surface area (Å²) in [7, 11) is -4.73. The van der Waals surface area contributed by atoms with E-state index in [2.05, 4.69) is 32.9 Å². The van der Waals surface area contributed by atoms with Gasteiger partial charge in [-0.1, -0.05) is 219 Å². The van der Waals surface area contributed by atoms with Crippen molar-refractivity contribution in [3.8, 4) is 0 Å². The Morgan fingerprint density at radius 3 is 1.12 bits per heavy atom. The molecule has 3 atom stereocenters. The number of hydrogen-bond acceptors (Lipinski definition) is 10. The van der Waals surface area contributed by atoms with E-state index in [0.29, 0.717) is 19.3 Å². The first kappa shape index (κ1) is 62.2. The predicted octanol–water partition coefficient (Wildman–Crippen LogP) is 14.9. The van der Waals surface area contributed by atoms with Crippen molar-refractivity contribution in [2.45, 2.75) is 277 Å². The van der Waals surface area contributed by atoms with Crippen molar-refractivity contribution in [3.05, 3.63) is 12.2 Å². The number of esters is 3. The Kier molecular flexibility index (Phi) is 46.4. The van der Waals surface area contributed by atoms with E-state index in [4.69, 9.17) is 23.3 Å². The Hall–Kier alpha value is -1.78. The van der Waals surface area contributed by atoms with Crippen molar-refractivity contribution in [2.75, 3.05) is 26.4 Å². The minimum atomic E-state index is -4.73. The zero-order valence-corrected chi connectivity index (χ0v) is 42.4. The molecule has 0 saturated heterocycles. The molecule has 0 aliphatic heterocycles. The fourth-order valence-corrected chi connectivity index (χ4v) is 8.36. The van der Waals surface area contributed by atoms with Gasteiger partial charge in [0.05, 0.1) is 19.8 Å². The molecule has 64 heavy (non-hydrogen) atoms. The van der Waals surface area contributed by atoms with Gasteiger partial charge in [-0.25, -0.2) is 4.57 Å². The van der Waals surface area contributed by atoms with Crippen molar-refractivity contribution in [2.24, 2.45) is 0 Å². The van der Waals surface area contributed by atoms with E-state index in [1.807, 2.05) is 0 Å². The molecule has 0 amide bonds. The summed E-state index contributed by atoms with van der Waals surface area (Å²) in [5.74, 6) is -1.46. The summed E-state index contributed by atoms with van der Waals surface area (Å²) in [5.41, 5.74) is 0. The van der Waals surface area contributed by atoms with Crippen LogP contribution < -0.4 is 0 Å². The number of carbonyl (C=O) groups excluding carboxylic acids is 3. The lowest BCUT2D eigenvalue weighted by atomic mass is 10.0. The summed E-state index contributed by atoms with van der Waals surface area (Å²) in [6.07, 6.45) is 43.3. The van der Waals surface area contributed by atoms with Gasteiger partial charge < -0.3 is 24.2 Å². The minimum absolute atomic E-state index is 0.174. The van der Waals surface area contributed by atoms with Crippen LogP contribution in [0.5, 0.6) is 0 Å². The molecule has 0 fully saturated rings. The van der Waals surface area contributed by atoms with Crippen molar-refractivity contribution >= 4 is 25.7 Å². The first-order valence-electron chi connectivity index (χ1n) is 26.6. The van der Waals surface area contributed by atoms with Crippen LogP contribution in [0.2, 0.25) is 0 Å². The van der Waals surface area contributed by atoms with E-state index in [1.54, 1.807) is 0 Å². The van der Waals surface area contributed by atoms with E-state index in [1.165, 1.54) is 128 Å². The zero-order valence-electron chi connectivity index (χ0n) is 41.5. The van der Waals surface area contributed by atoms with Gasteiger partial charge in [0.25, 0.3) is 0 Å². The van der Waals surface area contributed by atoms with Gasteiger partial charge in [-0.05, 0) is 38.5 Å². The molecule has 12 heteroatoms. The number of phosphoric ester groups is 1. The molecule has 2 N–H and O–H groups in total. The Morgan fingerprint density at radius 1 is 0.422 bits per heavy atom. The lowest BCUT2D eigenvalue weighted by Gasteiger charge is -2.21. The summed E-state index contributed by atoms with van der Waals surface area (Å²) in [5, 5.41) is 9.74. The van der Waals surface area contributed by atoms with Gasteiger partial charge in [-0.15, -0.1) is 0 Å². The smallest absolute Gasteiger partial charge is 0.462 e. The molecule has 0 aliphatic rings. The number of rotatable bonds is 50. The van der Waals surface area contributed by atoms with Gasteiger partial charge in [-0.3, -0.25) is 23.4 Å². The molecule has 11 nitrogen and oxygen atoms in total. The number of aliphatic hydroxyl groups is 1. The van der Waals surface area contributed by atoms with Crippen LogP contribution in [0, 0.1) is 0 Å². The summed E-state index contributed by atoms with van der Waals surface area (Å²) in [6, 6.07) is 0. The third-order valence-electron chi connectivity index (χ3n) is 11.7. The number of ether oxygens (including phenoxy) is 3. The topological polar surface area (TPSA) is 155 Å². The Balaban J connectivity index is 4.68. The highest BCUT2D eigenvalue weighted by atomic mass is 31.2. The SMILES string of the molecule is CCCC/C=C\CCCCCCCC(=O)OCC(COP(=O)(O)OCC(CO)OC(=O)CCCCCCCCCCC)OC(=O)CCCCCCCCCCCCCCCCCCC. The van der Waals surface area contributed by atoms with Gasteiger partial charge in [-0.2, -0.15) is 0 Å². The molecular formula is C52H99O11P. The van der Waals surface area contributed by atoms with Crippen molar-refractivity contribution in [3.63, 3.8) is 0 Å². The maximum atomic E-state index is 12.8. The van der Waals surface area contributed by atoms with E-state index < -0.39 is 57.8 Å². The number of aliphatic hydroxyl groups excluding tert-OH is 1. The third-order valence-corrected chi connectivity index (χ3v) is 12.6. The highest BCUT2D eigenvalue weighted by Gasteiger charge is 2.28. The van der Waals surface area contributed by atoms with Gasteiger partial charge in [0.1, 0.15) is 12.7 Å². The van der Waals surface area contributed by atoms with Crippen LogP contribution in [0.15, 0.2) is 12.2 Å². The molecular weight excluding hydrogens is 832 g/mol. The summed E-state index contributed by atoms with van der Waals surface area (Å²) < 4.78 is 39.3. The Labute approximate surface area is 392 Å². The second-order valence-corrected chi connectivity index (χ2v) is 19.5. The molecule has 0 rings (SSSR count). The molecule has 378 valence electrons. The summed E-state index contributed by atoms with van der Waals surface area (Å²) in [4.78, 5) is 48.2. The molecule has 0 spiro atoms. The maximum absolute atomic E-state index is 12.8. The van der Waals surface area contributed by atoms with Crippen LogP contribution >= 0.6 is 7.82 Å². The van der Waals surface area contributed by atoms with E-state index >= 15 is 0 Å². The number of unbranched alkanes of at least 4 members (excludes halogenated alkanes) is 31. The second-order valence-electron chi connectivity index (χ2n) is 18.1. The van der Waals surface area contributed by atoms with Crippen molar-refractivity contribution < 1.29 is 52.2 Å². The predicted molar refractivity (Wildman–Crippen MR) is 261 cm³/mol. The first-order chi connectivity index (χ1) is 31.2. The standard InChI is InChI=1S/C52H99O11P/c1-4-7-10-13-16-19-21-22-23-24-25-26-28-31-34-37-40-43-52(56)63-49(45-59-50(54)41-38-35-32-30-27-20-17-14-11-8-5-2)47-61-64(57,58)60-46-48(44-53)62-51(55)42-39-36-33-29-18-15-12-9-6-3/h14,17,48-49,53H,4-13,15-16,18-47H2,1-3H3,(H,57,58)/b17-14-. The van der Waals surface area contributed by atoms with Crippen molar-refractivity contribution in [1.82, 2.24) is 0 Å². The highest BCUT2D eigenvalue weighted by Crippen LogP contribution is 2.43. The lowest BCUT2D eigenvalue weighted by Crippen LogP contribution is -2.30. The van der Waals surface area contributed by atoms with Crippen LogP contribution in [0.1, 0.15) is 265 Å². The monoisotopic (exact) mass is 931 g/mol. The van der Waals surface area contributed by atoms with Crippen LogP contribution in [0.4, 0.5) is 0 Å². The van der Waals surface area contributed by atoms with E-state index in [0.717, 1.165) is 77.0 Å². The average Bonchev–Trinajstić information content (AvgIpc) is 3.28. The highest BCUT2D eigenvalue weighted by molar-refractivity contribution is 7.47. The maximum Gasteiger partial charge on any atom is 0.472 e. The van der Waals surface area contributed by atoms with Crippen LogP contribution in [-0.4, -0.2) is 66.5 Å². The molecule has 0 aromatic carbocycles. The molecule has 0 bridgehead atoms. The van der Waals surface area contributed by atoms with Crippen LogP contribution in [0.25, 0.3) is 0 Å². The molecule has 0 aromatic rings. The van der Waals surface area contributed by atoms with Gasteiger partial charge >= 0.3 is 25.7 Å². The van der Waals surface area contributed by atoms with Gasteiger partial charge in [0.15, 0.2) is 6.10 Å². The van der Waals surface area contributed by atoms with Gasteiger partial charge in [0.2, 0.25) is 0 Å². The van der Waals surface area contributed by atoms with Gasteiger partial charge in [0, 0.05) is 19.3 Å². The number of hydrogen-bond donors (Lipinski definition) is 2. The molecule has 0 aliphatic carbocycles. The fourth-order valence-electron chi connectivity index (χ4n) is 7.57. The normalized spacial score (nSPS) is 13.5. The van der Waals surface area contributed by atoms with E-state index in [-0.39, 0.29) is 25.9 Å². The number of phosphoric acid groups is 1. The molecule has 3 unspecified atom stereocenters. The number of allylic oxidation sites excluding steroid dienone is 2. The van der Waals surface area contributed by atoms with Crippen LogP contribution in [0.3, 0.4) is 0 Å². The quantitative estimate of drug-likeness (QED) is 0.0197. The fraction of sp³-hybridized carbons (Fsp3) is 0.904. The average molecular weight is 931 g/mol. The largest absolute Gasteiger partial charge is 0.472 e. The van der Waals surface area contributed by atoms with E-state index in [9.17, 15) is 28.9 Å². The Morgan fingerprint density at radius 2 is 0.734 bits per heavy atom. The molecule has 0 radical (unpaired) electrons. The second kappa shape index (κ2) is 47.7. The Bertz CT molecular complexity index is 1130. The summed E-state index contributed by atoms with van der Waals surface area (Å²) in [6.45, 7) is 4.60. The molecule has 0 aromatic heterocycles. The summed E-state index contributed by atoms with van der Waals surface area (Å²) >= 11 is 0. The minimum Gasteiger partial charge on any atom is -0.462 e. The van der Waals surface area contributed by atoms with Crippen molar-refractivity contribution in [1.29, 1.82) is 0 Å². The third kappa shape index (κ3) is 45.4.